The van der Waals surface area contributed by atoms with Crippen molar-refractivity contribution in [3.8, 4) is 0 Å². The van der Waals surface area contributed by atoms with Crippen LogP contribution >= 0.6 is 15.9 Å². The zero-order valence-corrected chi connectivity index (χ0v) is 13.5. The summed E-state index contributed by atoms with van der Waals surface area (Å²) in [4.78, 5) is 25.7. The standard InChI is InChI=1S/C16H18BrNO3/c1-9-6-11(4-5-14(9)17)15(19)18-7-12(10-2-3-10)13(8-18)16(20)21/h4-6,10,12-13H,2-3,7-8H2,1H3,(H,20,21)/t12-,13+/m1/s1. The molecule has 0 unspecified atom stereocenters. The first kappa shape index (κ1) is 14.6. The smallest absolute Gasteiger partial charge is 0.308 e. The van der Waals surface area contributed by atoms with E-state index in [4.69, 9.17) is 0 Å². The molecule has 4 nitrogen and oxygen atoms in total. The Morgan fingerprint density at radius 1 is 1.29 bits per heavy atom. The second-order valence-electron chi connectivity index (χ2n) is 6.12. The van der Waals surface area contributed by atoms with E-state index in [1.165, 1.54) is 0 Å². The molecule has 0 aromatic heterocycles. The third-order valence-corrected chi connectivity index (χ3v) is 5.49. The van der Waals surface area contributed by atoms with Crippen molar-refractivity contribution in [1.82, 2.24) is 4.90 Å². The number of carboxylic acids is 1. The molecule has 1 aliphatic carbocycles. The van der Waals surface area contributed by atoms with E-state index in [2.05, 4.69) is 15.9 Å². The van der Waals surface area contributed by atoms with Crippen molar-refractivity contribution in [3.05, 3.63) is 33.8 Å². The average Bonchev–Trinajstić information content (AvgIpc) is 3.19. The zero-order chi connectivity index (χ0) is 15.1. The molecule has 0 radical (unpaired) electrons. The lowest BCUT2D eigenvalue weighted by atomic mass is 9.92. The van der Waals surface area contributed by atoms with E-state index >= 15 is 0 Å². The van der Waals surface area contributed by atoms with Crippen molar-refractivity contribution >= 4 is 27.8 Å². The summed E-state index contributed by atoms with van der Waals surface area (Å²) in [6.07, 6.45) is 2.21. The van der Waals surface area contributed by atoms with Crippen LogP contribution in [0, 0.1) is 24.7 Å². The van der Waals surface area contributed by atoms with Crippen molar-refractivity contribution in [2.24, 2.45) is 17.8 Å². The summed E-state index contributed by atoms with van der Waals surface area (Å²) in [5.74, 6) is -0.606. The Bertz CT molecular complexity index is 597. The van der Waals surface area contributed by atoms with Gasteiger partial charge in [0, 0.05) is 23.1 Å². The third-order valence-electron chi connectivity index (χ3n) is 4.60. The van der Waals surface area contributed by atoms with E-state index < -0.39 is 11.9 Å². The van der Waals surface area contributed by atoms with Gasteiger partial charge in [-0.25, -0.2) is 0 Å². The van der Waals surface area contributed by atoms with Crippen molar-refractivity contribution < 1.29 is 14.7 Å². The maximum atomic E-state index is 12.6. The third kappa shape index (κ3) is 2.84. The number of halogens is 1. The highest BCUT2D eigenvalue weighted by Gasteiger charge is 2.46. The number of aliphatic carboxylic acids is 1. The highest BCUT2D eigenvalue weighted by atomic mass is 79.9. The molecule has 1 saturated heterocycles. The molecule has 1 aliphatic heterocycles. The van der Waals surface area contributed by atoms with Gasteiger partial charge in [0.25, 0.3) is 5.91 Å². The molecule has 0 spiro atoms. The van der Waals surface area contributed by atoms with Gasteiger partial charge in [0.05, 0.1) is 5.92 Å². The Morgan fingerprint density at radius 2 is 2.00 bits per heavy atom. The highest BCUT2D eigenvalue weighted by Crippen LogP contribution is 2.44. The van der Waals surface area contributed by atoms with Gasteiger partial charge in [0.15, 0.2) is 0 Å². The molecule has 0 bridgehead atoms. The lowest BCUT2D eigenvalue weighted by Crippen LogP contribution is -2.30. The molecule has 112 valence electrons. The molecular weight excluding hydrogens is 334 g/mol. The maximum absolute atomic E-state index is 12.6. The minimum atomic E-state index is -0.769. The summed E-state index contributed by atoms with van der Waals surface area (Å²) in [5.41, 5.74) is 1.64. The topological polar surface area (TPSA) is 57.6 Å². The monoisotopic (exact) mass is 351 g/mol. The normalized spacial score (nSPS) is 25.1. The average molecular weight is 352 g/mol. The van der Waals surface area contributed by atoms with Crippen LogP contribution in [0.2, 0.25) is 0 Å². The van der Waals surface area contributed by atoms with Crippen LogP contribution in [0.15, 0.2) is 22.7 Å². The largest absolute Gasteiger partial charge is 0.481 e. The van der Waals surface area contributed by atoms with E-state index in [9.17, 15) is 14.7 Å². The van der Waals surface area contributed by atoms with Gasteiger partial charge < -0.3 is 10.0 Å². The van der Waals surface area contributed by atoms with E-state index in [0.29, 0.717) is 24.6 Å². The molecular formula is C16H18BrNO3. The van der Waals surface area contributed by atoms with E-state index in [1.807, 2.05) is 19.1 Å². The summed E-state index contributed by atoms with van der Waals surface area (Å²) < 4.78 is 0.972. The predicted molar refractivity (Wildman–Crippen MR) is 82.1 cm³/mol. The van der Waals surface area contributed by atoms with E-state index in [0.717, 1.165) is 22.9 Å². The fraction of sp³-hybridized carbons (Fsp3) is 0.500. The molecule has 5 heteroatoms. The molecule has 1 saturated carbocycles. The molecule has 2 atom stereocenters. The quantitative estimate of drug-likeness (QED) is 0.910. The first-order valence-electron chi connectivity index (χ1n) is 7.25. The van der Waals surface area contributed by atoms with Crippen LogP contribution in [0.1, 0.15) is 28.8 Å². The number of hydrogen-bond donors (Lipinski definition) is 1. The fourth-order valence-corrected chi connectivity index (χ4v) is 3.47. The summed E-state index contributed by atoms with van der Waals surface area (Å²) in [5, 5.41) is 9.37. The van der Waals surface area contributed by atoms with Crippen molar-refractivity contribution in [2.75, 3.05) is 13.1 Å². The zero-order valence-electron chi connectivity index (χ0n) is 11.9. The lowest BCUT2D eigenvalue weighted by Gasteiger charge is -2.17. The molecule has 2 aliphatic rings. The van der Waals surface area contributed by atoms with Crippen LogP contribution in [0.3, 0.4) is 0 Å². The maximum Gasteiger partial charge on any atom is 0.308 e. The Labute approximate surface area is 132 Å². The van der Waals surface area contributed by atoms with Crippen LogP contribution in [0.25, 0.3) is 0 Å². The predicted octanol–water partition coefficient (Wildman–Crippen LogP) is 2.94. The first-order chi connectivity index (χ1) is 9.97. The Hall–Kier alpha value is -1.36. The minimum Gasteiger partial charge on any atom is -0.481 e. The first-order valence-corrected chi connectivity index (χ1v) is 8.05. The van der Waals surface area contributed by atoms with Crippen LogP contribution in [-0.4, -0.2) is 35.0 Å². The number of benzene rings is 1. The van der Waals surface area contributed by atoms with Gasteiger partial charge in [-0.3, -0.25) is 9.59 Å². The van der Waals surface area contributed by atoms with Gasteiger partial charge in [-0.2, -0.15) is 0 Å². The van der Waals surface area contributed by atoms with Crippen LogP contribution in [0.4, 0.5) is 0 Å². The number of amides is 1. The van der Waals surface area contributed by atoms with Gasteiger partial charge in [-0.1, -0.05) is 15.9 Å². The molecule has 3 rings (SSSR count). The Morgan fingerprint density at radius 3 is 2.57 bits per heavy atom. The number of hydrogen-bond acceptors (Lipinski definition) is 2. The summed E-state index contributed by atoms with van der Waals surface area (Å²) in [6, 6.07) is 5.51. The summed E-state index contributed by atoms with van der Waals surface area (Å²) in [6.45, 7) is 2.86. The van der Waals surface area contributed by atoms with E-state index in [1.54, 1.807) is 11.0 Å². The fourth-order valence-electron chi connectivity index (χ4n) is 3.22. The number of carbonyl (C=O) groups is 2. The summed E-state index contributed by atoms with van der Waals surface area (Å²) >= 11 is 3.42. The SMILES string of the molecule is Cc1cc(C(=O)N2C[C@H](C(=O)O)[C@@H](C3CC3)C2)ccc1Br. The Kier molecular flexibility index (Phi) is 3.78. The van der Waals surface area contributed by atoms with Gasteiger partial charge in [-0.15, -0.1) is 0 Å². The highest BCUT2D eigenvalue weighted by molar-refractivity contribution is 9.10. The molecule has 21 heavy (non-hydrogen) atoms. The number of likely N-dealkylation sites (tertiary alicyclic amines) is 1. The molecule has 1 amide bonds. The number of aryl methyl sites for hydroxylation is 1. The van der Waals surface area contributed by atoms with Gasteiger partial charge in [-0.05, 0) is 55.4 Å². The molecule has 2 fully saturated rings. The van der Waals surface area contributed by atoms with E-state index in [-0.39, 0.29) is 11.8 Å². The molecule has 1 heterocycles. The van der Waals surface area contributed by atoms with Gasteiger partial charge in [0.2, 0.25) is 0 Å². The van der Waals surface area contributed by atoms with Crippen molar-refractivity contribution in [3.63, 3.8) is 0 Å². The van der Waals surface area contributed by atoms with Gasteiger partial charge in [0.1, 0.15) is 0 Å². The Balaban J connectivity index is 1.78. The van der Waals surface area contributed by atoms with Crippen LogP contribution < -0.4 is 0 Å². The molecule has 1 aromatic rings. The van der Waals surface area contributed by atoms with Crippen molar-refractivity contribution in [2.45, 2.75) is 19.8 Å². The summed E-state index contributed by atoms with van der Waals surface area (Å²) in [7, 11) is 0. The van der Waals surface area contributed by atoms with Crippen LogP contribution in [0.5, 0.6) is 0 Å². The molecule has 1 N–H and O–H groups in total. The lowest BCUT2D eigenvalue weighted by molar-refractivity contribution is -0.142. The van der Waals surface area contributed by atoms with Crippen molar-refractivity contribution in [1.29, 1.82) is 0 Å². The number of rotatable bonds is 3. The number of carbonyl (C=O) groups excluding carboxylic acids is 1. The number of nitrogens with zero attached hydrogens (tertiary/aromatic N) is 1. The second kappa shape index (κ2) is 5.44. The second-order valence-corrected chi connectivity index (χ2v) is 6.97. The minimum absolute atomic E-state index is 0.0556. The van der Waals surface area contributed by atoms with Crippen LogP contribution in [-0.2, 0) is 4.79 Å². The van der Waals surface area contributed by atoms with Gasteiger partial charge >= 0.3 is 5.97 Å². The number of carboxylic acid groups (broad SMARTS) is 1. The molecule has 1 aromatic carbocycles.